The molecule has 3 N–H and O–H groups in total. The Hall–Kier alpha value is -4.41. The molecule has 35 heavy (non-hydrogen) atoms. The molecule has 1 aliphatic heterocycles. The molecule has 182 valence electrons. The van der Waals surface area contributed by atoms with Crippen LogP contribution in [-0.4, -0.2) is 62.3 Å². The Morgan fingerprint density at radius 2 is 1.54 bits per heavy atom. The van der Waals surface area contributed by atoms with Crippen molar-refractivity contribution in [3.8, 4) is 0 Å². The SMILES string of the molecule is COC(=O)c1cc(Nc2ncnc(N3CCN(c4ccccc4F)CC3)c2N)cc(C(=O)OC)c1. The molecular formula is C24H25FN6O4. The van der Waals surface area contributed by atoms with E-state index in [4.69, 9.17) is 15.2 Å². The quantitative estimate of drug-likeness (QED) is 0.509. The molecule has 0 radical (unpaired) electrons. The van der Waals surface area contributed by atoms with Gasteiger partial charge in [0.2, 0.25) is 0 Å². The number of para-hydroxylation sites is 1. The van der Waals surface area contributed by atoms with Crippen molar-refractivity contribution < 1.29 is 23.5 Å². The van der Waals surface area contributed by atoms with E-state index in [0.717, 1.165) is 0 Å². The number of nitrogens with zero attached hydrogens (tertiary/aromatic N) is 4. The van der Waals surface area contributed by atoms with Crippen LogP contribution < -0.4 is 20.9 Å². The van der Waals surface area contributed by atoms with E-state index in [-0.39, 0.29) is 16.9 Å². The normalized spacial score (nSPS) is 13.3. The molecule has 0 bridgehead atoms. The first-order valence-electron chi connectivity index (χ1n) is 10.8. The summed E-state index contributed by atoms with van der Waals surface area (Å²) in [5, 5.41) is 3.05. The predicted molar refractivity (Wildman–Crippen MR) is 130 cm³/mol. The Balaban J connectivity index is 1.55. The van der Waals surface area contributed by atoms with Crippen molar-refractivity contribution in [3.05, 3.63) is 65.7 Å². The number of nitrogens with one attached hydrogen (secondary N) is 1. The monoisotopic (exact) mass is 480 g/mol. The first-order chi connectivity index (χ1) is 16.9. The lowest BCUT2D eigenvalue weighted by Gasteiger charge is -2.37. The number of hydrogen-bond acceptors (Lipinski definition) is 10. The zero-order valence-corrected chi connectivity index (χ0v) is 19.3. The Labute approximate surface area is 201 Å². The van der Waals surface area contributed by atoms with E-state index in [1.165, 1.54) is 44.8 Å². The first-order valence-corrected chi connectivity index (χ1v) is 10.8. The lowest BCUT2D eigenvalue weighted by Crippen LogP contribution is -2.47. The first kappa shape index (κ1) is 23.7. The minimum absolute atomic E-state index is 0.162. The summed E-state index contributed by atoms with van der Waals surface area (Å²) in [6.45, 7) is 2.35. The summed E-state index contributed by atoms with van der Waals surface area (Å²) < 4.78 is 23.7. The third-order valence-electron chi connectivity index (χ3n) is 5.67. The Morgan fingerprint density at radius 1 is 0.943 bits per heavy atom. The van der Waals surface area contributed by atoms with Crippen LogP contribution in [0.25, 0.3) is 0 Å². The molecule has 11 heteroatoms. The van der Waals surface area contributed by atoms with E-state index in [0.29, 0.717) is 54.9 Å². The van der Waals surface area contributed by atoms with Gasteiger partial charge in [0.05, 0.1) is 31.0 Å². The Bertz CT molecular complexity index is 1210. The van der Waals surface area contributed by atoms with Gasteiger partial charge in [0.15, 0.2) is 11.6 Å². The van der Waals surface area contributed by atoms with E-state index in [2.05, 4.69) is 15.3 Å². The topological polar surface area (TPSA) is 123 Å². The highest BCUT2D eigenvalue weighted by atomic mass is 19.1. The fourth-order valence-electron chi connectivity index (χ4n) is 3.91. The largest absolute Gasteiger partial charge is 0.465 e. The summed E-state index contributed by atoms with van der Waals surface area (Å²) in [4.78, 5) is 36.7. The van der Waals surface area contributed by atoms with Crippen molar-refractivity contribution in [2.75, 3.05) is 61.2 Å². The molecule has 0 amide bonds. The molecular weight excluding hydrogens is 455 g/mol. The van der Waals surface area contributed by atoms with Gasteiger partial charge in [-0.1, -0.05) is 12.1 Å². The smallest absolute Gasteiger partial charge is 0.337 e. The predicted octanol–water partition coefficient (Wildman–Crippen LogP) is 2.84. The van der Waals surface area contributed by atoms with Crippen LogP contribution >= 0.6 is 0 Å². The maximum atomic E-state index is 14.2. The van der Waals surface area contributed by atoms with Crippen LogP contribution in [0.2, 0.25) is 0 Å². The number of nitrogens with two attached hydrogens (primary N) is 1. The van der Waals surface area contributed by atoms with Gasteiger partial charge in [-0.15, -0.1) is 0 Å². The summed E-state index contributed by atoms with van der Waals surface area (Å²) in [5.41, 5.74) is 7.98. The van der Waals surface area contributed by atoms with Gasteiger partial charge in [0, 0.05) is 31.9 Å². The van der Waals surface area contributed by atoms with Crippen molar-refractivity contribution >= 4 is 40.6 Å². The zero-order chi connectivity index (χ0) is 24.9. The molecule has 0 atom stereocenters. The second-order valence-electron chi connectivity index (χ2n) is 7.79. The van der Waals surface area contributed by atoms with Crippen molar-refractivity contribution in [3.63, 3.8) is 0 Å². The fraction of sp³-hybridized carbons (Fsp3) is 0.250. The maximum Gasteiger partial charge on any atom is 0.337 e. The number of halogens is 1. The number of rotatable bonds is 6. The van der Waals surface area contributed by atoms with Gasteiger partial charge in [-0.05, 0) is 30.3 Å². The number of benzene rings is 2. The number of carbonyl (C=O) groups excluding carboxylic acids is 2. The van der Waals surface area contributed by atoms with Gasteiger partial charge >= 0.3 is 11.9 Å². The molecule has 1 aliphatic rings. The Morgan fingerprint density at radius 3 is 2.14 bits per heavy atom. The number of ether oxygens (including phenoxy) is 2. The number of carbonyl (C=O) groups is 2. The minimum Gasteiger partial charge on any atom is -0.465 e. The van der Waals surface area contributed by atoms with Gasteiger partial charge in [-0.3, -0.25) is 0 Å². The average molecular weight is 481 g/mol. The molecule has 2 heterocycles. The molecule has 10 nitrogen and oxygen atoms in total. The van der Waals surface area contributed by atoms with Gasteiger partial charge in [-0.2, -0.15) is 0 Å². The van der Waals surface area contributed by atoms with Crippen molar-refractivity contribution in [2.45, 2.75) is 0 Å². The minimum atomic E-state index is -0.608. The second kappa shape index (κ2) is 10.2. The highest BCUT2D eigenvalue weighted by Gasteiger charge is 2.23. The third kappa shape index (κ3) is 5.08. The van der Waals surface area contributed by atoms with Crippen LogP contribution in [0.5, 0.6) is 0 Å². The van der Waals surface area contributed by atoms with E-state index in [9.17, 15) is 14.0 Å². The van der Waals surface area contributed by atoms with Crippen LogP contribution in [0.3, 0.4) is 0 Å². The van der Waals surface area contributed by atoms with Crippen molar-refractivity contribution in [1.82, 2.24) is 9.97 Å². The third-order valence-corrected chi connectivity index (χ3v) is 5.67. The molecule has 0 spiro atoms. The molecule has 0 saturated carbocycles. The highest BCUT2D eigenvalue weighted by Crippen LogP contribution is 2.31. The number of esters is 2. The molecule has 1 saturated heterocycles. The number of hydrogen-bond donors (Lipinski definition) is 2. The molecule has 0 aliphatic carbocycles. The molecule has 1 aromatic heterocycles. The van der Waals surface area contributed by atoms with Gasteiger partial charge in [0.25, 0.3) is 0 Å². The molecule has 0 unspecified atom stereocenters. The molecule has 4 rings (SSSR count). The van der Waals surface area contributed by atoms with Crippen LogP contribution in [-0.2, 0) is 9.47 Å². The van der Waals surface area contributed by atoms with Crippen LogP contribution in [0.1, 0.15) is 20.7 Å². The number of anilines is 5. The van der Waals surface area contributed by atoms with Crippen LogP contribution in [0.15, 0.2) is 48.8 Å². The lowest BCUT2D eigenvalue weighted by atomic mass is 10.1. The lowest BCUT2D eigenvalue weighted by molar-refractivity contribution is 0.0599. The molecule has 3 aromatic rings. The maximum absolute atomic E-state index is 14.2. The zero-order valence-electron chi connectivity index (χ0n) is 19.3. The van der Waals surface area contributed by atoms with E-state index >= 15 is 0 Å². The Kier molecular flexibility index (Phi) is 6.95. The summed E-state index contributed by atoms with van der Waals surface area (Å²) in [6.07, 6.45) is 1.38. The summed E-state index contributed by atoms with van der Waals surface area (Å²) in [6, 6.07) is 11.1. The summed E-state index contributed by atoms with van der Waals surface area (Å²) >= 11 is 0. The fourth-order valence-corrected chi connectivity index (χ4v) is 3.91. The number of methoxy groups -OCH3 is 2. The van der Waals surface area contributed by atoms with Gasteiger partial charge in [-0.25, -0.2) is 23.9 Å². The molecule has 1 fully saturated rings. The number of nitrogen functional groups attached to an aromatic ring is 1. The van der Waals surface area contributed by atoms with Crippen molar-refractivity contribution in [1.29, 1.82) is 0 Å². The standard InChI is InChI=1S/C24H25FN6O4/c1-34-23(32)15-11-16(24(33)35-2)13-17(12-15)29-21-20(26)22(28-14-27-21)31-9-7-30(8-10-31)19-6-4-3-5-18(19)25/h3-6,11-14H,7-10,26H2,1-2H3,(H,27,28,29). The van der Waals surface area contributed by atoms with Crippen LogP contribution in [0, 0.1) is 5.82 Å². The van der Waals surface area contributed by atoms with Crippen molar-refractivity contribution in [2.24, 2.45) is 0 Å². The number of piperazine rings is 1. The summed E-state index contributed by atoms with van der Waals surface area (Å²) in [7, 11) is 2.50. The molecule has 2 aromatic carbocycles. The van der Waals surface area contributed by atoms with E-state index in [1.54, 1.807) is 12.1 Å². The van der Waals surface area contributed by atoms with E-state index in [1.807, 2.05) is 15.9 Å². The van der Waals surface area contributed by atoms with E-state index < -0.39 is 11.9 Å². The van der Waals surface area contributed by atoms with Gasteiger partial charge < -0.3 is 30.3 Å². The van der Waals surface area contributed by atoms with Gasteiger partial charge in [0.1, 0.15) is 17.8 Å². The highest BCUT2D eigenvalue weighted by molar-refractivity contribution is 5.97. The average Bonchev–Trinajstić information content (AvgIpc) is 2.89. The summed E-state index contributed by atoms with van der Waals surface area (Å²) in [5.74, 6) is -0.627. The number of aromatic nitrogens is 2. The second-order valence-corrected chi connectivity index (χ2v) is 7.79. The van der Waals surface area contributed by atoms with Crippen LogP contribution in [0.4, 0.5) is 33.1 Å².